The van der Waals surface area contributed by atoms with Gasteiger partial charge in [-0.2, -0.15) is 0 Å². The second kappa shape index (κ2) is 6.58. The Balaban J connectivity index is 1.51. The normalized spacial score (nSPS) is 21.2. The van der Waals surface area contributed by atoms with Crippen LogP contribution >= 0.6 is 0 Å². The quantitative estimate of drug-likeness (QED) is 0.839. The molecule has 1 aromatic rings. The predicted molar refractivity (Wildman–Crippen MR) is 78.7 cm³/mol. The van der Waals surface area contributed by atoms with Gasteiger partial charge in [0.2, 0.25) is 5.91 Å². The maximum Gasteiger partial charge on any atom is 0.221 e. The zero-order chi connectivity index (χ0) is 14.7. The largest absolute Gasteiger partial charge is 0.379 e. The molecule has 2 heterocycles. The highest BCUT2D eigenvalue weighted by atomic mass is 16.5. The number of ether oxygens (including phenoxy) is 1. The Bertz CT molecular complexity index is 478. The standard InChI is InChI=1S/C15H24N4O2/c1-18-7-5-16-15(18)14(12-2-3-12)17-13(20)4-6-19-8-10-21-11-9-19/h5,7,12,14H,2-4,6,8-11H2,1H3,(H,17,20). The van der Waals surface area contributed by atoms with E-state index in [4.69, 9.17) is 4.74 Å². The van der Waals surface area contributed by atoms with Crippen LogP contribution in [0.1, 0.15) is 31.1 Å². The van der Waals surface area contributed by atoms with Crippen LogP contribution in [-0.4, -0.2) is 53.2 Å². The molecule has 0 radical (unpaired) electrons. The summed E-state index contributed by atoms with van der Waals surface area (Å²) < 4.78 is 7.32. The summed E-state index contributed by atoms with van der Waals surface area (Å²) in [6.07, 6.45) is 6.64. The number of aromatic nitrogens is 2. The van der Waals surface area contributed by atoms with Crippen LogP contribution in [0.3, 0.4) is 0 Å². The number of morpholine rings is 1. The lowest BCUT2D eigenvalue weighted by Gasteiger charge is -2.26. The molecule has 1 aliphatic carbocycles. The third kappa shape index (κ3) is 3.83. The first-order valence-corrected chi connectivity index (χ1v) is 7.81. The van der Waals surface area contributed by atoms with Gasteiger partial charge in [-0.05, 0) is 18.8 Å². The zero-order valence-corrected chi connectivity index (χ0v) is 12.6. The molecular formula is C15H24N4O2. The van der Waals surface area contributed by atoms with Gasteiger partial charge in [-0.15, -0.1) is 0 Å². The Morgan fingerprint density at radius 1 is 1.48 bits per heavy atom. The molecule has 0 aromatic carbocycles. The highest BCUT2D eigenvalue weighted by Gasteiger charge is 2.35. The van der Waals surface area contributed by atoms with E-state index in [1.54, 1.807) is 6.20 Å². The van der Waals surface area contributed by atoms with E-state index in [2.05, 4.69) is 15.2 Å². The Labute approximate surface area is 125 Å². The van der Waals surface area contributed by atoms with Crippen molar-refractivity contribution >= 4 is 5.91 Å². The molecule has 3 rings (SSSR count). The smallest absolute Gasteiger partial charge is 0.221 e. The summed E-state index contributed by atoms with van der Waals surface area (Å²) in [5.74, 6) is 1.65. The SMILES string of the molecule is Cn1ccnc1C(NC(=O)CCN1CCOCC1)C1CC1. The molecule has 1 unspecified atom stereocenters. The molecule has 21 heavy (non-hydrogen) atoms. The molecule has 0 bridgehead atoms. The van der Waals surface area contributed by atoms with E-state index in [1.165, 1.54) is 12.8 Å². The van der Waals surface area contributed by atoms with Crippen molar-refractivity contribution in [2.75, 3.05) is 32.8 Å². The van der Waals surface area contributed by atoms with E-state index >= 15 is 0 Å². The van der Waals surface area contributed by atoms with Gasteiger partial charge in [0.05, 0.1) is 19.3 Å². The van der Waals surface area contributed by atoms with Crippen molar-refractivity contribution in [1.82, 2.24) is 19.8 Å². The van der Waals surface area contributed by atoms with Gasteiger partial charge < -0.3 is 14.6 Å². The number of nitrogens with zero attached hydrogens (tertiary/aromatic N) is 3. The van der Waals surface area contributed by atoms with Gasteiger partial charge in [-0.25, -0.2) is 4.98 Å². The number of amides is 1. The molecule has 1 aliphatic heterocycles. The molecule has 1 saturated heterocycles. The van der Waals surface area contributed by atoms with Gasteiger partial charge in [-0.3, -0.25) is 9.69 Å². The molecule has 2 aliphatic rings. The lowest BCUT2D eigenvalue weighted by atomic mass is 10.1. The fraction of sp³-hybridized carbons (Fsp3) is 0.733. The van der Waals surface area contributed by atoms with Gasteiger partial charge in [0.1, 0.15) is 5.82 Å². The van der Waals surface area contributed by atoms with Gasteiger partial charge >= 0.3 is 0 Å². The van der Waals surface area contributed by atoms with Crippen molar-refractivity contribution in [1.29, 1.82) is 0 Å². The maximum absolute atomic E-state index is 12.2. The monoisotopic (exact) mass is 292 g/mol. The van der Waals surface area contributed by atoms with Crippen molar-refractivity contribution in [3.05, 3.63) is 18.2 Å². The molecule has 1 atom stereocenters. The van der Waals surface area contributed by atoms with Crippen LogP contribution in [-0.2, 0) is 16.6 Å². The van der Waals surface area contributed by atoms with E-state index in [1.807, 2.05) is 17.8 Å². The number of rotatable bonds is 6. The van der Waals surface area contributed by atoms with E-state index < -0.39 is 0 Å². The highest BCUT2D eigenvalue weighted by Crippen LogP contribution is 2.40. The zero-order valence-electron chi connectivity index (χ0n) is 12.6. The number of aryl methyl sites for hydroxylation is 1. The molecular weight excluding hydrogens is 268 g/mol. The topological polar surface area (TPSA) is 59.4 Å². The van der Waals surface area contributed by atoms with Gasteiger partial charge in [0.25, 0.3) is 0 Å². The first-order valence-electron chi connectivity index (χ1n) is 7.81. The van der Waals surface area contributed by atoms with E-state index in [9.17, 15) is 4.79 Å². The minimum absolute atomic E-state index is 0.0715. The van der Waals surface area contributed by atoms with E-state index in [-0.39, 0.29) is 11.9 Å². The number of hydrogen-bond acceptors (Lipinski definition) is 4. The summed E-state index contributed by atoms with van der Waals surface area (Å²) in [6, 6.07) is 0.0715. The molecule has 6 heteroatoms. The summed E-state index contributed by atoms with van der Waals surface area (Å²) in [4.78, 5) is 18.9. The average Bonchev–Trinajstić information content (AvgIpc) is 3.26. The van der Waals surface area contributed by atoms with Crippen LogP contribution in [0.4, 0.5) is 0 Å². The summed E-state index contributed by atoms with van der Waals surface area (Å²) >= 11 is 0. The van der Waals surface area contributed by atoms with Crippen LogP contribution in [0.25, 0.3) is 0 Å². The van der Waals surface area contributed by atoms with Crippen LogP contribution in [0, 0.1) is 5.92 Å². The molecule has 116 valence electrons. The van der Waals surface area contributed by atoms with Crippen molar-refractivity contribution in [2.45, 2.75) is 25.3 Å². The lowest BCUT2D eigenvalue weighted by molar-refractivity contribution is -0.122. The van der Waals surface area contributed by atoms with Crippen molar-refractivity contribution < 1.29 is 9.53 Å². The summed E-state index contributed by atoms with van der Waals surface area (Å²) in [5, 5.41) is 3.18. The van der Waals surface area contributed by atoms with Gasteiger partial charge in [0.15, 0.2) is 0 Å². The van der Waals surface area contributed by atoms with Crippen LogP contribution < -0.4 is 5.32 Å². The average molecular weight is 292 g/mol. The minimum atomic E-state index is 0.0715. The van der Waals surface area contributed by atoms with Crippen molar-refractivity contribution in [3.8, 4) is 0 Å². The molecule has 6 nitrogen and oxygen atoms in total. The Kier molecular flexibility index (Phi) is 4.55. The highest BCUT2D eigenvalue weighted by molar-refractivity contribution is 5.76. The molecule has 1 saturated carbocycles. The van der Waals surface area contributed by atoms with Crippen molar-refractivity contribution in [3.63, 3.8) is 0 Å². The van der Waals surface area contributed by atoms with E-state index in [0.29, 0.717) is 12.3 Å². The Morgan fingerprint density at radius 2 is 2.24 bits per heavy atom. The van der Waals surface area contributed by atoms with Gasteiger partial charge in [-0.1, -0.05) is 0 Å². The number of imidazole rings is 1. The second-order valence-corrected chi connectivity index (χ2v) is 5.98. The third-order valence-electron chi connectivity index (χ3n) is 4.31. The fourth-order valence-electron chi connectivity index (χ4n) is 2.83. The molecule has 1 N–H and O–H groups in total. The minimum Gasteiger partial charge on any atom is -0.379 e. The number of nitrogens with one attached hydrogen (secondary N) is 1. The third-order valence-corrected chi connectivity index (χ3v) is 4.31. The molecule has 2 fully saturated rings. The lowest BCUT2D eigenvalue weighted by Crippen LogP contribution is -2.39. The van der Waals surface area contributed by atoms with Crippen LogP contribution in [0.15, 0.2) is 12.4 Å². The fourth-order valence-corrected chi connectivity index (χ4v) is 2.83. The van der Waals surface area contributed by atoms with Crippen molar-refractivity contribution in [2.24, 2.45) is 13.0 Å². The second-order valence-electron chi connectivity index (χ2n) is 5.98. The first-order chi connectivity index (χ1) is 10.2. The Hall–Kier alpha value is -1.40. The molecule has 1 aromatic heterocycles. The maximum atomic E-state index is 12.2. The first kappa shape index (κ1) is 14.5. The summed E-state index contributed by atoms with van der Waals surface area (Å²) in [6.45, 7) is 4.23. The summed E-state index contributed by atoms with van der Waals surface area (Å²) in [5.41, 5.74) is 0. The van der Waals surface area contributed by atoms with Crippen LogP contribution in [0.2, 0.25) is 0 Å². The predicted octanol–water partition coefficient (Wildman–Crippen LogP) is 0.710. The number of hydrogen-bond donors (Lipinski definition) is 1. The number of carbonyl (C=O) groups is 1. The van der Waals surface area contributed by atoms with Crippen LogP contribution in [0.5, 0.6) is 0 Å². The van der Waals surface area contributed by atoms with Gasteiger partial charge in [0, 0.05) is 45.5 Å². The number of carbonyl (C=O) groups excluding carboxylic acids is 1. The molecule has 0 spiro atoms. The molecule has 1 amide bonds. The van der Waals surface area contributed by atoms with E-state index in [0.717, 1.165) is 38.7 Å². The summed E-state index contributed by atoms with van der Waals surface area (Å²) in [7, 11) is 1.98. The Morgan fingerprint density at radius 3 is 2.86 bits per heavy atom.